The van der Waals surface area contributed by atoms with Crippen LogP contribution in [0.5, 0.6) is 0 Å². The molecule has 7 nitrogen and oxygen atoms in total. The highest BCUT2D eigenvalue weighted by atomic mass is 16.2. The second kappa shape index (κ2) is 10.9. The van der Waals surface area contributed by atoms with Crippen molar-refractivity contribution in [2.45, 2.75) is 33.1 Å². The Morgan fingerprint density at radius 3 is 2.25 bits per heavy atom. The molecule has 0 saturated carbocycles. The molecule has 184 valence electrons. The summed E-state index contributed by atoms with van der Waals surface area (Å²) in [7, 11) is 1.77. The minimum absolute atomic E-state index is 0.128. The monoisotopic (exact) mass is 482 g/mol. The van der Waals surface area contributed by atoms with Gasteiger partial charge in [0, 0.05) is 24.7 Å². The molecule has 1 heterocycles. The second-order valence-corrected chi connectivity index (χ2v) is 8.69. The standard InChI is InChI=1S/C29H30N4O3/c1-4-21-13-15-22(16-14-21)17-18-26(34)30-24-10-8-9-23(19-24)28(35)31-27-20(2)32(3)33(29(27)36)25-11-6-5-7-12-25/h5-16,19H,4,17-18H2,1-3H3,(H,30,34)(H,31,35). The summed E-state index contributed by atoms with van der Waals surface area (Å²) < 4.78 is 3.22. The lowest BCUT2D eigenvalue weighted by Crippen LogP contribution is -2.23. The molecule has 2 N–H and O–H groups in total. The number of nitrogens with zero attached hydrogens (tertiary/aromatic N) is 2. The van der Waals surface area contributed by atoms with E-state index in [0.717, 1.165) is 12.0 Å². The van der Waals surface area contributed by atoms with Crippen LogP contribution in [0.25, 0.3) is 5.69 Å². The van der Waals surface area contributed by atoms with Gasteiger partial charge in [-0.3, -0.25) is 19.1 Å². The van der Waals surface area contributed by atoms with Gasteiger partial charge in [0.15, 0.2) is 0 Å². The summed E-state index contributed by atoms with van der Waals surface area (Å²) in [6.07, 6.45) is 1.96. The lowest BCUT2D eigenvalue weighted by atomic mass is 10.1. The molecule has 1 aromatic heterocycles. The number of hydrogen-bond donors (Lipinski definition) is 2. The van der Waals surface area contributed by atoms with Gasteiger partial charge < -0.3 is 10.6 Å². The van der Waals surface area contributed by atoms with Crippen molar-refractivity contribution >= 4 is 23.2 Å². The number of carbonyl (C=O) groups is 2. The third-order valence-corrected chi connectivity index (χ3v) is 6.27. The number of nitrogens with one attached hydrogen (secondary N) is 2. The lowest BCUT2D eigenvalue weighted by Gasteiger charge is -2.08. The van der Waals surface area contributed by atoms with E-state index in [1.54, 1.807) is 42.9 Å². The van der Waals surface area contributed by atoms with Gasteiger partial charge in [-0.15, -0.1) is 0 Å². The normalized spacial score (nSPS) is 10.8. The molecule has 0 aliphatic rings. The maximum absolute atomic E-state index is 13.1. The maximum atomic E-state index is 13.1. The van der Waals surface area contributed by atoms with E-state index in [4.69, 9.17) is 0 Å². The zero-order valence-electron chi connectivity index (χ0n) is 20.7. The van der Waals surface area contributed by atoms with Gasteiger partial charge in [0.05, 0.1) is 11.4 Å². The van der Waals surface area contributed by atoms with E-state index in [0.29, 0.717) is 35.5 Å². The molecular weight excluding hydrogens is 452 g/mol. The van der Waals surface area contributed by atoms with Crippen molar-refractivity contribution in [1.29, 1.82) is 0 Å². The molecule has 0 atom stereocenters. The van der Waals surface area contributed by atoms with Crippen LogP contribution < -0.4 is 16.2 Å². The Balaban J connectivity index is 1.43. The fourth-order valence-electron chi connectivity index (χ4n) is 4.06. The number of aryl methyl sites for hydroxylation is 2. The van der Waals surface area contributed by atoms with Crippen molar-refractivity contribution in [3.8, 4) is 5.69 Å². The topological polar surface area (TPSA) is 85.1 Å². The number of amides is 2. The van der Waals surface area contributed by atoms with Crippen LogP contribution in [0.3, 0.4) is 0 Å². The molecule has 0 aliphatic carbocycles. The first-order valence-corrected chi connectivity index (χ1v) is 12.0. The van der Waals surface area contributed by atoms with Crippen molar-refractivity contribution in [3.63, 3.8) is 0 Å². The van der Waals surface area contributed by atoms with Crippen LogP contribution in [0.2, 0.25) is 0 Å². The highest BCUT2D eigenvalue weighted by molar-refractivity contribution is 6.05. The van der Waals surface area contributed by atoms with Crippen molar-refractivity contribution in [2.75, 3.05) is 10.6 Å². The number of hydrogen-bond acceptors (Lipinski definition) is 3. The Morgan fingerprint density at radius 2 is 1.56 bits per heavy atom. The lowest BCUT2D eigenvalue weighted by molar-refractivity contribution is -0.116. The minimum Gasteiger partial charge on any atom is -0.326 e. The SMILES string of the molecule is CCc1ccc(CCC(=O)Nc2cccc(C(=O)Nc3c(C)n(C)n(-c4ccccc4)c3=O)c2)cc1. The van der Waals surface area contributed by atoms with Gasteiger partial charge in [0.2, 0.25) is 5.91 Å². The average Bonchev–Trinajstić information content (AvgIpc) is 3.11. The van der Waals surface area contributed by atoms with Gasteiger partial charge in [0.25, 0.3) is 11.5 Å². The van der Waals surface area contributed by atoms with Gasteiger partial charge >= 0.3 is 0 Å². The smallest absolute Gasteiger partial charge is 0.295 e. The van der Waals surface area contributed by atoms with Crippen molar-refractivity contribution in [1.82, 2.24) is 9.36 Å². The number of benzene rings is 3. The Hall–Kier alpha value is -4.39. The number of para-hydroxylation sites is 1. The number of carbonyl (C=O) groups excluding carboxylic acids is 2. The molecule has 0 bridgehead atoms. The first kappa shape index (κ1) is 24.7. The summed E-state index contributed by atoms with van der Waals surface area (Å²) in [6.45, 7) is 3.89. The highest BCUT2D eigenvalue weighted by Crippen LogP contribution is 2.17. The van der Waals surface area contributed by atoms with E-state index in [1.807, 2.05) is 30.3 Å². The third kappa shape index (κ3) is 5.46. The molecule has 0 spiro atoms. The Kier molecular flexibility index (Phi) is 7.49. The van der Waals surface area contributed by atoms with Crippen molar-refractivity contribution in [2.24, 2.45) is 7.05 Å². The van der Waals surface area contributed by atoms with Gasteiger partial charge in [0.1, 0.15) is 5.69 Å². The Labute approximate surface area is 210 Å². The molecule has 4 rings (SSSR count). The molecule has 0 saturated heterocycles. The van der Waals surface area contributed by atoms with Crippen LogP contribution in [-0.4, -0.2) is 21.2 Å². The number of aromatic nitrogens is 2. The van der Waals surface area contributed by atoms with Crippen LogP contribution in [0, 0.1) is 6.92 Å². The van der Waals surface area contributed by atoms with Crippen LogP contribution in [-0.2, 0) is 24.7 Å². The summed E-state index contributed by atoms with van der Waals surface area (Å²) in [6, 6.07) is 24.2. The Morgan fingerprint density at radius 1 is 0.861 bits per heavy atom. The zero-order valence-corrected chi connectivity index (χ0v) is 20.7. The highest BCUT2D eigenvalue weighted by Gasteiger charge is 2.19. The minimum atomic E-state index is -0.423. The van der Waals surface area contributed by atoms with Gasteiger partial charge in [-0.2, -0.15) is 0 Å². The van der Waals surface area contributed by atoms with E-state index in [1.165, 1.54) is 10.2 Å². The predicted octanol–water partition coefficient (Wildman–Crippen LogP) is 4.87. The maximum Gasteiger partial charge on any atom is 0.295 e. The molecule has 4 aromatic rings. The summed E-state index contributed by atoms with van der Waals surface area (Å²) in [5.74, 6) is -0.551. The Bertz CT molecular complexity index is 1430. The van der Waals surface area contributed by atoms with Crippen LogP contribution in [0.15, 0.2) is 83.7 Å². The molecule has 7 heteroatoms. The van der Waals surface area contributed by atoms with Gasteiger partial charge in [-0.1, -0.05) is 55.5 Å². The fraction of sp³-hybridized carbons (Fsp3) is 0.207. The number of anilines is 2. The second-order valence-electron chi connectivity index (χ2n) is 8.69. The molecule has 0 aliphatic heterocycles. The molecule has 0 unspecified atom stereocenters. The molecular formula is C29H30N4O3. The molecule has 2 amide bonds. The third-order valence-electron chi connectivity index (χ3n) is 6.27. The summed E-state index contributed by atoms with van der Waals surface area (Å²) in [5.41, 5.74) is 4.49. The van der Waals surface area contributed by atoms with Crippen LogP contribution in [0.4, 0.5) is 11.4 Å². The van der Waals surface area contributed by atoms with E-state index in [2.05, 4.69) is 41.8 Å². The van der Waals surface area contributed by atoms with Gasteiger partial charge in [-0.05, 0) is 61.2 Å². The fourth-order valence-corrected chi connectivity index (χ4v) is 4.06. The van der Waals surface area contributed by atoms with E-state index >= 15 is 0 Å². The van der Waals surface area contributed by atoms with Crippen LogP contribution >= 0.6 is 0 Å². The molecule has 36 heavy (non-hydrogen) atoms. The summed E-state index contributed by atoms with van der Waals surface area (Å²) >= 11 is 0. The average molecular weight is 483 g/mol. The zero-order chi connectivity index (χ0) is 25.7. The van der Waals surface area contributed by atoms with E-state index in [-0.39, 0.29) is 17.2 Å². The molecule has 0 fully saturated rings. The van der Waals surface area contributed by atoms with Crippen LogP contribution in [0.1, 0.15) is 40.5 Å². The first-order valence-electron chi connectivity index (χ1n) is 12.0. The predicted molar refractivity (Wildman–Crippen MR) is 143 cm³/mol. The summed E-state index contributed by atoms with van der Waals surface area (Å²) in [4.78, 5) is 38.6. The van der Waals surface area contributed by atoms with E-state index in [9.17, 15) is 14.4 Å². The quantitative estimate of drug-likeness (QED) is 0.376. The summed E-state index contributed by atoms with van der Waals surface area (Å²) in [5, 5.41) is 5.62. The largest absolute Gasteiger partial charge is 0.326 e. The van der Waals surface area contributed by atoms with Crippen molar-refractivity contribution < 1.29 is 9.59 Å². The molecule has 0 radical (unpaired) electrons. The van der Waals surface area contributed by atoms with E-state index < -0.39 is 5.91 Å². The first-order chi connectivity index (χ1) is 17.4. The number of rotatable bonds is 8. The van der Waals surface area contributed by atoms with Crippen molar-refractivity contribution in [3.05, 3.63) is 112 Å². The molecule has 3 aromatic carbocycles. The van der Waals surface area contributed by atoms with Gasteiger partial charge in [-0.25, -0.2) is 4.68 Å².